The molecule has 0 aromatic carbocycles. The molecule has 4 heteroatoms. The van der Waals surface area contributed by atoms with Crippen molar-refractivity contribution in [2.75, 3.05) is 0 Å². The number of fused-ring (bicyclic) bond motifs is 5. The van der Waals surface area contributed by atoms with Gasteiger partial charge in [-0.25, -0.2) is 0 Å². The summed E-state index contributed by atoms with van der Waals surface area (Å²) in [5, 5.41) is 21.1. The highest BCUT2D eigenvalue weighted by Gasteiger charge is 2.62. The van der Waals surface area contributed by atoms with Gasteiger partial charge in [0.1, 0.15) is 11.9 Å². The lowest BCUT2D eigenvalue weighted by molar-refractivity contribution is -0.150. The highest BCUT2D eigenvalue weighted by molar-refractivity contribution is 5.95. The van der Waals surface area contributed by atoms with E-state index in [-0.39, 0.29) is 22.5 Å². The SMILES string of the molecule is C[C@]12CC(O)C(=O)C=C1CC[C@@H]1[C@H]2C(O)C[C@]2(C)C(=O)CC[C@@H]12. The molecule has 126 valence electrons. The smallest absolute Gasteiger partial charge is 0.184 e. The largest absolute Gasteiger partial charge is 0.393 e. The van der Waals surface area contributed by atoms with Crippen LogP contribution in [0.5, 0.6) is 0 Å². The Balaban J connectivity index is 1.76. The summed E-state index contributed by atoms with van der Waals surface area (Å²) < 4.78 is 0. The average molecular weight is 318 g/mol. The van der Waals surface area contributed by atoms with Crippen LogP contribution in [0.25, 0.3) is 0 Å². The minimum Gasteiger partial charge on any atom is -0.393 e. The van der Waals surface area contributed by atoms with Crippen LogP contribution in [0.4, 0.5) is 0 Å². The van der Waals surface area contributed by atoms with Crippen molar-refractivity contribution in [3.8, 4) is 0 Å². The first-order valence-corrected chi connectivity index (χ1v) is 8.92. The second kappa shape index (κ2) is 4.76. The maximum absolute atomic E-state index is 12.4. The first-order valence-electron chi connectivity index (χ1n) is 8.92. The molecule has 23 heavy (non-hydrogen) atoms. The van der Waals surface area contributed by atoms with Crippen molar-refractivity contribution in [3.63, 3.8) is 0 Å². The Labute approximate surface area is 137 Å². The minimum atomic E-state index is -0.951. The molecule has 4 aliphatic rings. The number of aliphatic hydroxyl groups excluding tert-OH is 2. The summed E-state index contributed by atoms with van der Waals surface area (Å²) in [6.07, 6.45) is 4.45. The van der Waals surface area contributed by atoms with Gasteiger partial charge >= 0.3 is 0 Å². The molecule has 3 saturated carbocycles. The lowest BCUT2D eigenvalue weighted by Crippen LogP contribution is -2.57. The third kappa shape index (κ3) is 1.91. The Morgan fingerprint density at radius 1 is 1.04 bits per heavy atom. The molecule has 0 aromatic rings. The van der Waals surface area contributed by atoms with Crippen LogP contribution in [0.15, 0.2) is 11.6 Å². The fourth-order valence-electron chi connectivity index (χ4n) is 6.52. The van der Waals surface area contributed by atoms with Crippen LogP contribution in [0.3, 0.4) is 0 Å². The highest BCUT2D eigenvalue weighted by atomic mass is 16.3. The van der Waals surface area contributed by atoms with Gasteiger partial charge in [0.2, 0.25) is 0 Å². The number of hydrogen-bond acceptors (Lipinski definition) is 4. The van der Waals surface area contributed by atoms with E-state index in [0.717, 1.165) is 24.8 Å². The van der Waals surface area contributed by atoms with Gasteiger partial charge in [-0.3, -0.25) is 9.59 Å². The third-order valence-electron chi connectivity index (χ3n) is 7.64. The van der Waals surface area contributed by atoms with E-state index in [1.54, 1.807) is 6.08 Å². The summed E-state index contributed by atoms with van der Waals surface area (Å²) in [4.78, 5) is 24.3. The molecule has 4 nitrogen and oxygen atoms in total. The van der Waals surface area contributed by atoms with Crippen LogP contribution >= 0.6 is 0 Å². The number of ketones is 2. The molecule has 4 aliphatic carbocycles. The standard InChI is InChI=1S/C19H26O4/c1-18-8-14(21)13(20)7-10(18)3-4-11-12-5-6-16(23)19(12,2)9-15(22)17(11)18/h7,11-12,14-15,17,21-22H,3-6,8-9H2,1-2H3/t11-,12-,14?,15?,17-,18-,19-/m0/s1. The Morgan fingerprint density at radius 3 is 2.52 bits per heavy atom. The number of Topliss-reactive ketones (excluding diaryl/α,β-unsaturated/α-hetero) is 1. The Morgan fingerprint density at radius 2 is 1.78 bits per heavy atom. The van der Waals surface area contributed by atoms with E-state index in [2.05, 4.69) is 6.92 Å². The fraction of sp³-hybridized carbons (Fsp3) is 0.789. The average Bonchev–Trinajstić information content (AvgIpc) is 2.76. The highest BCUT2D eigenvalue weighted by Crippen LogP contribution is 2.64. The fourth-order valence-corrected chi connectivity index (χ4v) is 6.52. The van der Waals surface area contributed by atoms with Crippen molar-refractivity contribution < 1.29 is 19.8 Å². The lowest BCUT2D eigenvalue weighted by atomic mass is 9.46. The van der Waals surface area contributed by atoms with E-state index in [9.17, 15) is 19.8 Å². The first kappa shape index (κ1) is 15.5. The molecule has 2 N–H and O–H groups in total. The van der Waals surface area contributed by atoms with Gasteiger partial charge < -0.3 is 10.2 Å². The Kier molecular flexibility index (Phi) is 3.21. The molecule has 0 aromatic heterocycles. The molecular weight excluding hydrogens is 292 g/mol. The summed E-state index contributed by atoms with van der Waals surface area (Å²) in [6.45, 7) is 4.15. The number of allylic oxidation sites excluding steroid dienone is 1. The summed E-state index contributed by atoms with van der Waals surface area (Å²) in [7, 11) is 0. The van der Waals surface area contributed by atoms with Gasteiger partial charge in [-0.15, -0.1) is 0 Å². The lowest BCUT2D eigenvalue weighted by Gasteiger charge is -2.58. The zero-order valence-corrected chi connectivity index (χ0v) is 13.9. The normalized spacial score (nSPS) is 52.5. The van der Waals surface area contributed by atoms with Gasteiger partial charge in [0.25, 0.3) is 0 Å². The number of rotatable bonds is 0. The number of carbonyl (C=O) groups excluding carboxylic acids is 2. The molecular formula is C19H26O4. The van der Waals surface area contributed by atoms with Crippen molar-refractivity contribution >= 4 is 11.6 Å². The van der Waals surface area contributed by atoms with E-state index < -0.39 is 12.2 Å². The molecule has 7 atom stereocenters. The molecule has 0 heterocycles. The van der Waals surface area contributed by atoms with E-state index in [1.165, 1.54) is 0 Å². The van der Waals surface area contributed by atoms with Gasteiger partial charge in [-0.1, -0.05) is 19.4 Å². The Bertz CT molecular complexity index is 608. The molecule has 0 saturated heterocycles. The summed E-state index contributed by atoms with van der Waals surface area (Å²) in [6, 6.07) is 0. The summed E-state index contributed by atoms with van der Waals surface area (Å²) in [5.74, 6) is 0.830. The minimum absolute atomic E-state index is 0.0502. The zero-order chi connectivity index (χ0) is 16.6. The second-order valence-electron chi connectivity index (χ2n) is 8.69. The monoisotopic (exact) mass is 318 g/mol. The summed E-state index contributed by atoms with van der Waals surface area (Å²) in [5.41, 5.74) is 0.408. The number of carbonyl (C=O) groups is 2. The molecule has 0 radical (unpaired) electrons. The van der Waals surface area contributed by atoms with E-state index in [0.29, 0.717) is 36.9 Å². The van der Waals surface area contributed by atoms with Crippen LogP contribution in [0.2, 0.25) is 0 Å². The first-order chi connectivity index (χ1) is 10.8. The van der Waals surface area contributed by atoms with E-state index in [1.807, 2.05) is 6.92 Å². The zero-order valence-electron chi connectivity index (χ0n) is 13.9. The maximum Gasteiger partial charge on any atom is 0.184 e. The predicted octanol–water partition coefficient (Wildman–Crippen LogP) is 2.03. The molecule has 0 aliphatic heterocycles. The van der Waals surface area contributed by atoms with Gasteiger partial charge in [0, 0.05) is 11.8 Å². The van der Waals surface area contributed by atoms with Crippen LogP contribution in [0.1, 0.15) is 52.4 Å². The van der Waals surface area contributed by atoms with Gasteiger partial charge in [0.15, 0.2) is 5.78 Å². The van der Waals surface area contributed by atoms with Gasteiger partial charge in [0.05, 0.1) is 6.10 Å². The van der Waals surface area contributed by atoms with Gasteiger partial charge in [-0.05, 0) is 61.3 Å². The quantitative estimate of drug-likeness (QED) is 0.717. The molecule has 4 rings (SSSR count). The second-order valence-corrected chi connectivity index (χ2v) is 8.69. The van der Waals surface area contributed by atoms with Crippen molar-refractivity contribution in [2.45, 2.75) is 64.6 Å². The molecule has 3 fully saturated rings. The van der Waals surface area contributed by atoms with E-state index in [4.69, 9.17) is 0 Å². The van der Waals surface area contributed by atoms with Gasteiger partial charge in [-0.2, -0.15) is 0 Å². The molecule has 0 amide bonds. The van der Waals surface area contributed by atoms with Crippen molar-refractivity contribution in [1.82, 2.24) is 0 Å². The van der Waals surface area contributed by atoms with Crippen molar-refractivity contribution in [2.24, 2.45) is 28.6 Å². The van der Waals surface area contributed by atoms with Crippen LogP contribution in [-0.4, -0.2) is 34.0 Å². The van der Waals surface area contributed by atoms with E-state index >= 15 is 0 Å². The third-order valence-corrected chi connectivity index (χ3v) is 7.64. The predicted molar refractivity (Wildman–Crippen MR) is 84.5 cm³/mol. The topological polar surface area (TPSA) is 74.6 Å². The number of hydrogen-bond donors (Lipinski definition) is 2. The van der Waals surface area contributed by atoms with Crippen molar-refractivity contribution in [1.29, 1.82) is 0 Å². The van der Waals surface area contributed by atoms with Crippen LogP contribution in [-0.2, 0) is 9.59 Å². The number of aliphatic hydroxyl groups is 2. The Hall–Kier alpha value is -1.00. The molecule has 2 unspecified atom stereocenters. The van der Waals surface area contributed by atoms with Crippen LogP contribution < -0.4 is 0 Å². The maximum atomic E-state index is 12.4. The molecule has 0 spiro atoms. The van der Waals surface area contributed by atoms with Crippen molar-refractivity contribution in [3.05, 3.63) is 11.6 Å². The van der Waals surface area contributed by atoms with Crippen LogP contribution in [0, 0.1) is 28.6 Å². The molecule has 0 bridgehead atoms. The summed E-state index contributed by atoms with van der Waals surface area (Å²) >= 11 is 0.